The van der Waals surface area contributed by atoms with Gasteiger partial charge in [0.05, 0.1) is 0 Å². The lowest BCUT2D eigenvalue weighted by atomic mass is 10.1. The molecule has 0 amide bonds. The maximum Gasteiger partial charge on any atom is 0.306 e. The van der Waals surface area contributed by atoms with Crippen molar-refractivity contribution in [2.45, 2.75) is 258 Å². The third-order valence-corrected chi connectivity index (χ3v) is 11.5. The summed E-state index contributed by atoms with van der Waals surface area (Å²) in [7, 11) is 0. The summed E-state index contributed by atoms with van der Waals surface area (Å²) in [6, 6.07) is 0. The topological polar surface area (TPSA) is 78.9 Å². The molecule has 0 bridgehead atoms. The van der Waals surface area contributed by atoms with Crippen LogP contribution in [0.2, 0.25) is 0 Å². The summed E-state index contributed by atoms with van der Waals surface area (Å²) in [6.07, 6.45) is 72.5. The van der Waals surface area contributed by atoms with Gasteiger partial charge in [0.1, 0.15) is 13.2 Å². The molecule has 67 heavy (non-hydrogen) atoms. The maximum atomic E-state index is 12.8. The lowest BCUT2D eigenvalue weighted by Gasteiger charge is -2.18. The zero-order valence-corrected chi connectivity index (χ0v) is 43.6. The Morgan fingerprint density at radius 3 is 0.925 bits per heavy atom. The van der Waals surface area contributed by atoms with Gasteiger partial charge in [-0.15, -0.1) is 0 Å². The molecule has 1 atom stereocenters. The molecule has 0 unspecified atom stereocenters. The van der Waals surface area contributed by atoms with Crippen LogP contribution in [0.3, 0.4) is 0 Å². The highest BCUT2D eigenvalue weighted by molar-refractivity contribution is 5.71. The molecule has 0 aliphatic rings. The summed E-state index contributed by atoms with van der Waals surface area (Å²) in [5.41, 5.74) is 0. The third kappa shape index (κ3) is 53.2. The smallest absolute Gasteiger partial charge is 0.306 e. The number of allylic oxidation sites excluding steroid dienone is 16. The van der Waals surface area contributed by atoms with Crippen molar-refractivity contribution in [2.75, 3.05) is 13.2 Å². The molecule has 0 aromatic carbocycles. The van der Waals surface area contributed by atoms with Gasteiger partial charge in [-0.25, -0.2) is 0 Å². The Balaban J connectivity index is 4.52. The van der Waals surface area contributed by atoms with Crippen LogP contribution in [-0.4, -0.2) is 37.2 Å². The van der Waals surface area contributed by atoms with Crippen LogP contribution < -0.4 is 0 Å². The zero-order valence-electron chi connectivity index (χ0n) is 43.6. The lowest BCUT2D eigenvalue weighted by Crippen LogP contribution is -2.30. The molecule has 0 N–H and O–H groups in total. The van der Waals surface area contributed by atoms with E-state index in [1.165, 1.54) is 103 Å². The summed E-state index contributed by atoms with van der Waals surface area (Å²) in [5, 5.41) is 0. The molecule has 0 heterocycles. The highest BCUT2D eigenvalue weighted by Crippen LogP contribution is 2.13. The molecule has 0 aliphatic heterocycles. The van der Waals surface area contributed by atoms with Gasteiger partial charge in [0.25, 0.3) is 0 Å². The standard InChI is InChI=1S/C61H102O6/c1-4-7-10-13-16-19-22-25-28-29-30-31-34-36-39-42-45-48-51-54-60(63)66-57-58(67-61(64)55-52-49-46-43-40-37-33-27-24-21-18-15-12-9-6-3)56-65-59(62)53-50-47-44-41-38-35-32-26-23-20-17-14-11-8-5-2/h16,18-19,21,25-28,30-33,36,39-40,43,58H,4-15,17,20,22-24,29,34-35,37-38,41-42,44-57H2,1-3H3/b19-16-,21-18-,28-25-,31-30-,32-26-,33-27-,39-36-,43-40-/t58-/m1/s1. The predicted molar refractivity (Wildman–Crippen MR) is 288 cm³/mol. The van der Waals surface area contributed by atoms with E-state index >= 15 is 0 Å². The number of hydrogen-bond acceptors (Lipinski definition) is 6. The molecule has 382 valence electrons. The van der Waals surface area contributed by atoms with Gasteiger partial charge in [-0.1, -0.05) is 201 Å². The molecule has 0 spiro atoms. The Hall–Kier alpha value is -3.67. The van der Waals surface area contributed by atoms with Crippen molar-refractivity contribution in [1.29, 1.82) is 0 Å². The second-order valence-corrected chi connectivity index (χ2v) is 18.1. The molecular weight excluding hydrogens is 829 g/mol. The fourth-order valence-electron chi connectivity index (χ4n) is 7.31. The van der Waals surface area contributed by atoms with Gasteiger partial charge in [-0.2, -0.15) is 0 Å². The van der Waals surface area contributed by atoms with Crippen LogP contribution in [0, 0.1) is 0 Å². The van der Waals surface area contributed by atoms with E-state index in [4.69, 9.17) is 14.2 Å². The SMILES string of the molecule is CCCCC/C=C\C/C=C\C/C=C\C/C=C\CCCCCC(=O)OC[C@@H](COC(=O)CCCCCCC/C=C\CCCCCCCC)OC(=O)CCCC/C=C\C/C=C\C/C=C\CCCCC. The number of unbranched alkanes of at least 4 members (excludes halogenated alkanes) is 22. The first-order valence-corrected chi connectivity index (χ1v) is 27.7. The first kappa shape index (κ1) is 63.3. The highest BCUT2D eigenvalue weighted by atomic mass is 16.6. The molecule has 6 heteroatoms. The molecular formula is C61H102O6. The van der Waals surface area contributed by atoms with E-state index in [-0.39, 0.29) is 37.5 Å². The van der Waals surface area contributed by atoms with Crippen LogP contribution in [0.1, 0.15) is 252 Å². The van der Waals surface area contributed by atoms with E-state index in [0.717, 1.165) is 103 Å². The van der Waals surface area contributed by atoms with Crippen LogP contribution in [0.4, 0.5) is 0 Å². The number of rotatable bonds is 49. The van der Waals surface area contributed by atoms with Crippen molar-refractivity contribution in [3.8, 4) is 0 Å². The van der Waals surface area contributed by atoms with Crippen LogP contribution in [0.25, 0.3) is 0 Å². The number of esters is 3. The average Bonchev–Trinajstić information content (AvgIpc) is 3.33. The van der Waals surface area contributed by atoms with Gasteiger partial charge in [0.2, 0.25) is 0 Å². The van der Waals surface area contributed by atoms with E-state index in [2.05, 4.69) is 118 Å². The minimum Gasteiger partial charge on any atom is -0.462 e. The molecule has 0 aliphatic carbocycles. The van der Waals surface area contributed by atoms with Gasteiger partial charge >= 0.3 is 17.9 Å². The summed E-state index contributed by atoms with van der Waals surface area (Å²) in [4.78, 5) is 38.1. The second-order valence-electron chi connectivity index (χ2n) is 18.1. The Labute approximate surface area is 413 Å². The molecule has 0 saturated carbocycles. The fourth-order valence-corrected chi connectivity index (χ4v) is 7.31. The number of carbonyl (C=O) groups is 3. The number of ether oxygens (including phenoxy) is 3. The van der Waals surface area contributed by atoms with Gasteiger partial charge in [0.15, 0.2) is 6.10 Å². The molecule has 6 nitrogen and oxygen atoms in total. The molecule has 0 radical (unpaired) electrons. The maximum absolute atomic E-state index is 12.8. The summed E-state index contributed by atoms with van der Waals surface area (Å²) >= 11 is 0. The van der Waals surface area contributed by atoms with E-state index in [0.29, 0.717) is 19.3 Å². The zero-order chi connectivity index (χ0) is 48.6. The monoisotopic (exact) mass is 931 g/mol. The van der Waals surface area contributed by atoms with Crippen molar-refractivity contribution in [2.24, 2.45) is 0 Å². The van der Waals surface area contributed by atoms with Crippen LogP contribution in [-0.2, 0) is 28.6 Å². The Kier molecular flexibility index (Phi) is 51.9. The van der Waals surface area contributed by atoms with E-state index < -0.39 is 6.10 Å². The second kappa shape index (κ2) is 54.9. The summed E-state index contributed by atoms with van der Waals surface area (Å²) in [5.74, 6) is -0.987. The first-order chi connectivity index (χ1) is 33.0. The molecule has 0 aromatic heterocycles. The Bertz CT molecular complexity index is 1350. The van der Waals surface area contributed by atoms with Gasteiger partial charge < -0.3 is 14.2 Å². The predicted octanol–water partition coefficient (Wildman–Crippen LogP) is 18.5. The molecule has 0 fully saturated rings. The third-order valence-electron chi connectivity index (χ3n) is 11.5. The van der Waals surface area contributed by atoms with Crippen molar-refractivity contribution in [3.63, 3.8) is 0 Å². The minimum absolute atomic E-state index is 0.108. The van der Waals surface area contributed by atoms with Gasteiger partial charge in [0, 0.05) is 19.3 Å². The lowest BCUT2D eigenvalue weighted by molar-refractivity contribution is -0.167. The average molecular weight is 931 g/mol. The molecule has 0 rings (SSSR count). The normalized spacial score (nSPS) is 12.8. The van der Waals surface area contributed by atoms with E-state index in [9.17, 15) is 14.4 Å². The van der Waals surface area contributed by atoms with Gasteiger partial charge in [-0.05, 0) is 128 Å². The van der Waals surface area contributed by atoms with Crippen LogP contribution in [0.5, 0.6) is 0 Å². The molecule has 0 saturated heterocycles. The summed E-state index contributed by atoms with van der Waals surface area (Å²) < 4.78 is 16.8. The number of carbonyl (C=O) groups excluding carboxylic acids is 3. The van der Waals surface area contributed by atoms with E-state index in [1.54, 1.807) is 0 Å². The fraction of sp³-hybridized carbons (Fsp3) is 0.689. The number of hydrogen-bond donors (Lipinski definition) is 0. The van der Waals surface area contributed by atoms with Crippen molar-refractivity contribution in [3.05, 3.63) is 97.2 Å². The van der Waals surface area contributed by atoms with Crippen molar-refractivity contribution < 1.29 is 28.6 Å². The quantitative estimate of drug-likeness (QED) is 0.0262. The van der Waals surface area contributed by atoms with Crippen molar-refractivity contribution >= 4 is 17.9 Å². The van der Waals surface area contributed by atoms with Crippen LogP contribution in [0.15, 0.2) is 97.2 Å². The van der Waals surface area contributed by atoms with Gasteiger partial charge in [-0.3, -0.25) is 14.4 Å². The Morgan fingerprint density at radius 2 is 0.537 bits per heavy atom. The van der Waals surface area contributed by atoms with E-state index in [1.807, 2.05) is 0 Å². The van der Waals surface area contributed by atoms with Crippen LogP contribution >= 0.6 is 0 Å². The Morgan fingerprint density at radius 1 is 0.299 bits per heavy atom. The summed E-state index contributed by atoms with van der Waals surface area (Å²) in [6.45, 7) is 6.51. The molecule has 0 aromatic rings. The highest BCUT2D eigenvalue weighted by Gasteiger charge is 2.19. The minimum atomic E-state index is -0.815. The first-order valence-electron chi connectivity index (χ1n) is 27.7. The largest absolute Gasteiger partial charge is 0.462 e. The van der Waals surface area contributed by atoms with Crippen molar-refractivity contribution in [1.82, 2.24) is 0 Å².